The van der Waals surface area contributed by atoms with Gasteiger partial charge in [0.2, 0.25) is 0 Å². The molecule has 106 valence electrons. The van der Waals surface area contributed by atoms with Gasteiger partial charge < -0.3 is 24.8 Å². The van der Waals surface area contributed by atoms with Crippen LogP contribution >= 0.6 is 0 Å². The molecule has 5 heteroatoms. The summed E-state index contributed by atoms with van der Waals surface area (Å²) in [6, 6.07) is 0. The van der Waals surface area contributed by atoms with E-state index in [1.165, 1.54) is 0 Å². The molecule has 1 unspecified atom stereocenters. The molecule has 0 spiro atoms. The highest BCUT2D eigenvalue weighted by molar-refractivity contribution is 4.75. The summed E-state index contributed by atoms with van der Waals surface area (Å²) in [5.74, 6) is 0. The average molecular weight is 258 g/mol. The SMILES string of the molecule is NCCCOC1CCN(CC2CCOCO2)CC1. The summed E-state index contributed by atoms with van der Waals surface area (Å²) in [6.07, 6.45) is 5.04. The van der Waals surface area contributed by atoms with Gasteiger partial charge in [-0.1, -0.05) is 0 Å². The molecule has 0 aliphatic carbocycles. The second-order valence-corrected chi connectivity index (χ2v) is 5.12. The van der Waals surface area contributed by atoms with Gasteiger partial charge in [-0.2, -0.15) is 0 Å². The first-order chi connectivity index (χ1) is 8.88. The molecule has 0 aromatic carbocycles. The Morgan fingerprint density at radius 3 is 2.72 bits per heavy atom. The highest BCUT2D eigenvalue weighted by Crippen LogP contribution is 2.16. The molecule has 5 nitrogen and oxygen atoms in total. The third-order valence-electron chi connectivity index (χ3n) is 3.67. The van der Waals surface area contributed by atoms with E-state index in [1.807, 2.05) is 0 Å². The number of nitrogens with zero attached hydrogens (tertiary/aromatic N) is 1. The van der Waals surface area contributed by atoms with Gasteiger partial charge in [-0.3, -0.25) is 0 Å². The Bertz CT molecular complexity index is 214. The highest BCUT2D eigenvalue weighted by atomic mass is 16.7. The molecule has 2 rings (SSSR count). The molecule has 2 aliphatic rings. The third-order valence-corrected chi connectivity index (χ3v) is 3.67. The van der Waals surface area contributed by atoms with Crippen LogP contribution in [0.5, 0.6) is 0 Å². The van der Waals surface area contributed by atoms with Gasteiger partial charge in [0, 0.05) is 26.2 Å². The lowest BCUT2D eigenvalue weighted by atomic mass is 10.1. The van der Waals surface area contributed by atoms with E-state index in [1.54, 1.807) is 0 Å². The average Bonchev–Trinajstić information content (AvgIpc) is 2.42. The summed E-state index contributed by atoms with van der Waals surface area (Å²) in [4.78, 5) is 2.48. The summed E-state index contributed by atoms with van der Waals surface area (Å²) in [7, 11) is 0. The van der Waals surface area contributed by atoms with Gasteiger partial charge in [0.05, 0.1) is 18.8 Å². The van der Waals surface area contributed by atoms with Gasteiger partial charge in [-0.15, -0.1) is 0 Å². The number of hydrogen-bond donors (Lipinski definition) is 1. The van der Waals surface area contributed by atoms with Crippen LogP contribution in [0.3, 0.4) is 0 Å². The van der Waals surface area contributed by atoms with Crippen LogP contribution in [0.4, 0.5) is 0 Å². The summed E-state index contributed by atoms with van der Waals surface area (Å²) >= 11 is 0. The second kappa shape index (κ2) is 8.07. The Labute approximate surface area is 110 Å². The van der Waals surface area contributed by atoms with Crippen molar-refractivity contribution >= 4 is 0 Å². The van der Waals surface area contributed by atoms with Crippen LogP contribution in [0, 0.1) is 0 Å². The van der Waals surface area contributed by atoms with Crippen LogP contribution in [0.2, 0.25) is 0 Å². The van der Waals surface area contributed by atoms with Crippen LogP contribution in [-0.2, 0) is 14.2 Å². The summed E-state index contributed by atoms with van der Waals surface area (Å²) in [5, 5.41) is 0. The fraction of sp³-hybridized carbons (Fsp3) is 1.00. The predicted octanol–water partition coefficient (Wildman–Crippen LogP) is 0.579. The lowest BCUT2D eigenvalue weighted by Gasteiger charge is -2.35. The van der Waals surface area contributed by atoms with E-state index >= 15 is 0 Å². The minimum atomic E-state index is 0.355. The molecule has 0 amide bonds. The lowest BCUT2D eigenvalue weighted by Crippen LogP contribution is -2.43. The van der Waals surface area contributed by atoms with Crippen LogP contribution in [0.15, 0.2) is 0 Å². The van der Waals surface area contributed by atoms with Crippen molar-refractivity contribution in [3.05, 3.63) is 0 Å². The zero-order valence-corrected chi connectivity index (χ0v) is 11.2. The minimum absolute atomic E-state index is 0.355. The van der Waals surface area contributed by atoms with E-state index < -0.39 is 0 Å². The van der Waals surface area contributed by atoms with Crippen LogP contribution in [-0.4, -0.2) is 63.3 Å². The smallest absolute Gasteiger partial charge is 0.147 e. The van der Waals surface area contributed by atoms with E-state index in [0.717, 1.165) is 65.1 Å². The number of nitrogens with two attached hydrogens (primary N) is 1. The fourth-order valence-corrected chi connectivity index (χ4v) is 2.53. The number of rotatable bonds is 6. The van der Waals surface area contributed by atoms with Crippen molar-refractivity contribution in [2.45, 2.75) is 37.9 Å². The fourth-order valence-electron chi connectivity index (χ4n) is 2.53. The third kappa shape index (κ3) is 4.82. The van der Waals surface area contributed by atoms with Crippen molar-refractivity contribution in [2.24, 2.45) is 5.73 Å². The van der Waals surface area contributed by atoms with Crippen LogP contribution in [0.25, 0.3) is 0 Å². The molecule has 0 radical (unpaired) electrons. The zero-order chi connectivity index (χ0) is 12.6. The molecule has 0 bridgehead atoms. The summed E-state index contributed by atoms with van der Waals surface area (Å²) in [5.41, 5.74) is 5.46. The number of ether oxygens (including phenoxy) is 3. The maximum Gasteiger partial charge on any atom is 0.147 e. The van der Waals surface area contributed by atoms with Gasteiger partial charge in [0.25, 0.3) is 0 Å². The standard InChI is InChI=1S/C13H26N2O3/c14-5-1-8-17-12-2-6-15(7-3-12)10-13-4-9-16-11-18-13/h12-13H,1-11,14H2. The normalized spacial score (nSPS) is 27.5. The van der Waals surface area contributed by atoms with Crippen molar-refractivity contribution in [3.63, 3.8) is 0 Å². The van der Waals surface area contributed by atoms with E-state index in [9.17, 15) is 0 Å². The molecule has 2 N–H and O–H groups in total. The van der Waals surface area contributed by atoms with Gasteiger partial charge in [-0.25, -0.2) is 0 Å². The Kier molecular flexibility index (Phi) is 6.37. The molecule has 18 heavy (non-hydrogen) atoms. The second-order valence-electron chi connectivity index (χ2n) is 5.12. The zero-order valence-electron chi connectivity index (χ0n) is 11.2. The molecule has 2 fully saturated rings. The van der Waals surface area contributed by atoms with Crippen LogP contribution in [0.1, 0.15) is 25.7 Å². The van der Waals surface area contributed by atoms with E-state index in [-0.39, 0.29) is 0 Å². The first kappa shape index (κ1) is 14.2. The van der Waals surface area contributed by atoms with E-state index in [2.05, 4.69) is 4.90 Å². The molecule has 2 heterocycles. The van der Waals surface area contributed by atoms with Crippen molar-refractivity contribution in [2.75, 3.05) is 46.2 Å². The largest absolute Gasteiger partial charge is 0.378 e. The number of piperidine rings is 1. The molecule has 2 aliphatic heterocycles. The predicted molar refractivity (Wildman–Crippen MR) is 69.4 cm³/mol. The Morgan fingerprint density at radius 1 is 1.22 bits per heavy atom. The topological polar surface area (TPSA) is 57.0 Å². The van der Waals surface area contributed by atoms with Crippen molar-refractivity contribution in [1.82, 2.24) is 4.90 Å². The van der Waals surface area contributed by atoms with Gasteiger partial charge in [0.15, 0.2) is 0 Å². The van der Waals surface area contributed by atoms with Crippen molar-refractivity contribution < 1.29 is 14.2 Å². The minimum Gasteiger partial charge on any atom is -0.378 e. The quantitative estimate of drug-likeness (QED) is 0.706. The maximum atomic E-state index is 5.80. The van der Waals surface area contributed by atoms with Gasteiger partial charge >= 0.3 is 0 Å². The summed E-state index contributed by atoms with van der Waals surface area (Å²) < 4.78 is 16.6. The van der Waals surface area contributed by atoms with E-state index in [0.29, 0.717) is 19.0 Å². The Hall–Kier alpha value is -0.200. The van der Waals surface area contributed by atoms with Crippen molar-refractivity contribution in [3.8, 4) is 0 Å². The molecule has 2 saturated heterocycles. The molecule has 1 atom stereocenters. The molecule has 0 aromatic rings. The highest BCUT2D eigenvalue weighted by Gasteiger charge is 2.23. The first-order valence-corrected chi connectivity index (χ1v) is 7.12. The van der Waals surface area contributed by atoms with E-state index in [4.69, 9.17) is 19.9 Å². The molecule has 0 aromatic heterocycles. The first-order valence-electron chi connectivity index (χ1n) is 7.12. The van der Waals surface area contributed by atoms with Gasteiger partial charge in [0.1, 0.15) is 6.79 Å². The van der Waals surface area contributed by atoms with Crippen molar-refractivity contribution in [1.29, 1.82) is 0 Å². The van der Waals surface area contributed by atoms with Gasteiger partial charge in [-0.05, 0) is 32.2 Å². The molecule has 0 saturated carbocycles. The maximum absolute atomic E-state index is 5.80. The lowest BCUT2D eigenvalue weighted by molar-refractivity contribution is -0.146. The Morgan fingerprint density at radius 2 is 2.06 bits per heavy atom. The van der Waals surface area contributed by atoms with Crippen LogP contribution < -0.4 is 5.73 Å². The number of hydrogen-bond acceptors (Lipinski definition) is 5. The number of likely N-dealkylation sites (tertiary alicyclic amines) is 1. The Balaban J connectivity index is 1.57. The monoisotopic (exact) mass is 258 g/mol. The molecular weight excluding hydrogens is 232 g/mol. The molecular formula is C13H26N2O3. The summed E-state index contributed by atoms with van der Waals surface area (Å²) in [6.45, 7) is 6.11.